The lowest BCUT2D eigenvalue weighted by atomic mass is 10.2. The Morgan fingerprint density at radius 2 is 1.95 bits per heavy atom. The summed E-state index contributed by atoms with van der Waals surface area (Å²) in [6.07, 6.45) is 5.17. The van der Waals surface area contributed by atoms with Crippen molar-refractivity contribution in [2.24, 2.45) is 10.9 Å². The maximum Gasteiger partial charge on any atom is 0.191 e. The van der Waals surface area contributed by atoms with Crippen LogP contribution in [0.4, 0.5) is 0 Å². The first-order valence-electron chi connectivity index (χ1n) is 8.46. The summed E-state index contributed by atoms with van der Waals surface area (Å²) >= 11 is 0. The predicted octanol–water partition coefficient (Wildman–Crippen LogP) is 2.46. The molecule has 1 unspecified atom stereocenters. The summed E-state index contributed by atoms with van der Waals surface area (Å²) < 4.78 is 0. The van der Waals surface area contributed by atoms with Gasteiger partial charge in [0.1, 0.15) is 0 Å². The van der Waals surface area contributed by atoms with Crippen LogP contribution in [0.5, 0.6) is 0 Å². The number of guanidine groups is 1. The van der Waals surface area contributed by atoms with Crippen LogP contribution < -0.4 is 10.6 Å². The maximum atomic E-state index is 4.67. The number of rotatable bonds is 10. The second-order valence-electron chi connectivity index (χ2n) is 5.88. The van der Waals surface area contributed by atoms with Crippen molar-refractivity contribution in [1.29, 1.82) is 0 Å². The molecule has 1 saturated carbocycles. The highest BCUT2D eigenvalue weighted by Gasteiger charge is 2.20. The average Bonchev–Trinajstić information content (AvgIpc) is 3.25. The molecule has 0 saturated heterocycles. The van der Waals surface area contributed by atoms with Crippen LogP contribution in [-0.4, -0.2) is 49.6 Å². The van der Waals surface area contributed by atoms with Crippen LogP contribution in [0.25, 0.3) is 0 Å². The maximum absolute atomic E-state index is 4.67. The number of aliphatic imine (C=N–C) groups is 1. The lowest BCUT2D eigenvalue weighted by Crippen LogP contribution is -2.42. The first-order chi connectivity index (χ1) is 9.69. The van der Waals surface area contributed by atoms with Gasteiger partial charge in [0, 0.05) is 19.1 Å². The molecule has 0 aromatic rings. The third-order valence-electron chi connectivity index (χ3n) is 3.94. The van der Waals surface area contributed by atoms with Crippen molar-refractivity contribution in [3.05, 3.63) is 0 Å². The molecule has 20 heavy (non-hydrogen) atoms. The van der Waals surface area contributed by atoms with Crippen molar-refractivity contribution in [2.45, 2.75) is 59.4 Å². The van der Waals surface area contributed by atoms with Gasteiger partial charge in [0.15, 0.2) is 5.96 Å². The molecular weight excluding hydrogens is 248 g/mol. The second kappa shape index (κ2) is 10.0. The topological polar surface area (TPSA) is 39.7 Å². The van der Waals surface area contributed by atoms with E-state index < -0.39 is 0 Å². The number of nitrogens with one attached hydrogen (secondary N) is 2. The van der Waals surface area contributed by atoms with Gasteiger partial charge in [0.2, 0.25) is 0 Å². The Hall–Kier alpha value is -0.770. The van der Waals surface area contributed by atoms with E-state index in [9.17, 15) is 0 Å². The minimum atomic E-state index is 0.488. The van der Waals surface area contributed by atoms with Crippen LogP contribution >= 0.6 is 0 Å². The Bertz CT molecular complexity index is 270. The van der Waals surface area contributed by atoms with Crippen LogP contribution in [-0.2, 0) is 0 Å². The van der Waals surface area contributed by atoms with Gasteiger partial charge in [0.05, 0.1) is 0 Å². The standard InChI is InChI=1S/C16H34N4/c1-5-17-16(18-13-15-10-11-15)19-14(4)9-8-12-20(6-2)7-3/h14-15H,5-13H2,1-4H3,(H2,17,18,19). The summed E-state index contributed by atoms with van der Waals surface area (Å²) in [5, 5.41) is 6.88. The van der Waals surface area contributed by atoms with Gasteiger partial charge in [-0.15, -0.1) is 0 Å². The third-order valence-corrected chi connectivity index (χ3v) is 3.94. The molecule has 1 fully saturated rings. The van der Waals surface area contributed by atoms with Gasteiger partial charge in [-0.1, -0.05) is 13.8 Å². The zero-order valence-electron chi connectivity index (χ0n) is 13.9. The van der Waals surface area contributed by atoms with Crippen molar-refractivity contribution >= 4 is 5.96 Å². The van der Waals surface area contributed by atoms with Crippen LogP contribution in [0.2, 0.25) is 0 Å². The van der Waals surface area contributed by atoms with Gasteiger partial charge < -0.3 is 15.5 Å². The lowest BCUT2D eigenvalue weighted by Gasteiger charge is -2.21. The zero-order chi connectivity index (χ0) is 14.8. The van der Waals surface area contributed by atoms with Crippen molar-refractivity contribution in [1.82, 2.24) is 15.5 Å². The molecule has 1 atom stereocenters. The number of hydrogen-bond acceptors (Lipinski definition) is 2. The summed E-state index contributed by atoms with van der Waals surface area (Å²) in [6.45, 7) is 14.3. The molecular formula is C16H34N4. The molecule has 0 radical (unpaired) electrons. The molecule has 0 amide bonds. The second-order valence-corrected chi connectivity index (χ2v) is 5.88. The molecule has 1 aliphatic rings. The molecule has 0 aromatic carbocycles. The molecule has 1 rings (SSSR count). The van der Waals surface area contributed by atoms with Crippen molar-refractivity contribution in [3.63, 3.8) is 0 Å². The summed E-state index contributed by atoms with van der Waals surface area (Å²) in [5.41, 5.74) is 0. The van der Waals surface area contributed by atoms with Crippen LogP contribution in [0, 0.1) is 5.92 Å². The molecule has 118 valence electrons. The Morgan fingerprint density at radius 1 is 1.25 bits per heavy atom. The van der Waals surface area contributed by atoms with E-state index in [0.717, 1.165) is 38.1 Å². The van der Waals surface area contributed by atoms with Crippen molar-refractivity contribution in [3.8, 4) is 0 Å². The van der Waals surface area contributed by atoms with E-state index in [-0.39, 0.29) is 0 Å². The third kappa shape index (κ3) is 7.73. The largest absolute Gasteiger partial charge is 0.357 e. The van der Waals surface area contributed by atoms with Crippen LogP contribution in [0.1, 0.15) is 53.4 Å². The molecule has 0 aromatic heterocycles. The fourth-order valence-corrected chi connectivity index (χ4v) is 2.31. The molecule has 2 N–H and O–H groups in total. The molecule has 4 heteroatoms. The van der Waals surface area contributed by atoms with Crippen LogP contribution in [0.15, 0.2) is 4.99 Å². The van der Waals surface area contributed by atoms with Crippen LogP contribution in [0.3, 0.4) is 0 Å². The van der Waals surface area contributed by atoms with Gasteiger partial charge in [-0.25, -0.2) is 0 Å². The molecule has 0 heterocycles. The van der Waals surface area contributed by atoms with Gasteiger partial charge >= 0.3 is 0 Å². The normalized spacial score (nSPS) is 17.4. The van der Waals surface area contributed by atoms with E-state index in [1.54, 1.807) is 0 Å². The zero-order valence-corrected chi connectivity index (χ0v) is 13.9. The highest BCUT2D eigenvalue weighted by atomic mass is 15.2. The van der Waals surface area contributed by atoms with E-state index in [4.69, 9.17) is 0 Å². The fraction of sp³-hybridized carbons (Fsp3) is 0.938. The molecule has 1 aliphatic carbocycles. The Balaban J connectivity index is 2.22. The highest BCUT2D eigenvalue weighted by Crippen LogP contribution is 2.28. The van der Waals surface area contributed by atoms with E-state index in [0.29, 0.717) is 6.04 Å². The predicted molar refractivity (Wildman–Crippen MR) is 88.3 cm³/mol. The fourth-order valence-electron chi connectivity index (χ4n) is 2.31. The van der Waals surface area contributed by atoms with E-state index >= 15 is 0 Å². The summed E-state index contributed by atoms with van der Waals surface area (Å²) in [4.78, 5) is 7.16. The van der Waals surface area contributed by atoms with Crippen molar-refractivity contribution in [2.75, 3.05) is 32.7 Å². The van der Waals surface area contributed by atoms with Gasteiger partial charge in [-0.3, -0.25) is 4.99 Å². The summed E-state index contributed by atoms with van der Waals surface area (Å²) in [5.74, 6) is 1.85. The Morgan fingerprint density at radius 3 is 2.50 bits per heavy atom. The number of hydrogen-bond donors (Lipinski definition) is 2. The minimum Gasteiger partial charge on any atom is -0.357 e. The summed E-state index contributed by atoms with van der Waals surface area (Å²) in [7, 11) is 0. The molecule has 0 aliphatic heterocycles. The molecule has 4 nitrogen and oxygen atoms in total. The SMILES string of the molecule is CCNC(=NCC1CC1)NC(C)CCCN(CC)CC. The molecule has 0 bridgehead atoms. The average molecular weight is 282 g/mol. The smallest absolute Gasteiger partial charge is 0.191 e. The van der Waals surface area contributed by atoms with E-state index in [1.807, 2.05) is 0 Å². The first-order valence-corrected chi connectivity index (χ1v) is 8.46. The number of nitrogens with zero attached hydrogens (tertiary/aromatic N) is 2. The van der Waals surface area contributed by atoms with E-state index in [1.165, 1.54) is 32.2 Å². The quantitative estimate of drug-likeness (QED) is 0.478. The van der Waals surface area contributed by atoms with Crippen molar-refractivity contribution < 1.29 is 0 Å². The Labute approximate surface area is 125 Å². The van der Waals surface area contributed by atoms with Gasteiger partial charge in [-0.05, 0) is 65.1 Å². The monoisotopic (exact) mass is 282 g/mol. The minimum absolute atomic E-state index is 0.488. The highest BCUT2D eigenvalue weighted by molar-refractivity contribution is 5.80. The molecule has 0 spiro atoms. The van der Waals surface area contributed by atoms with Gasteiger partial charge in [-0.2, -0.15) is 0 Å². The Kier molecular flexibility index (Phi) is 8.67. The lowest BCUT2D eigenvalue weighted by molar-refractivity contribution is 0.292. The summed E-state index contributed by atoms with van der Waals surface area (Å²) in [6, 6.07) is 0.488. The van der Waals surface area contributed by atoms with E-state index in [2.05, 4.69) is 48.2 Å². The van der Waals surface area contributed by atoms with Gasteiger partial charge in [0.25, 0.3) is 0 Å². The first kappa shape index (κ1) is 17.3.